The number of para-hydroxylation sites is 2. The van der Waals surface area contributed by atoms with E-state index in [4.69, 9.17) is 4.98 Å². The summed E-state index contributed by atoms with van der Waals surface area (Å²) in [6.07, 6.45) is 1.90. The second-order valence-electron chi connectivity index (χ2n) is 8.71. The normalized spacial score (nSPS) is 14.8. The molecule has 5 heteroatoms. The average Bonchev–Trinajstić information content (AvgIpc) is 3.20. The van der Waals surface area contributed by atoms with Crippen LogP contribution in [0.3, 0.4) is 0 Å². The quantitative estimate of drug-likeness (QED) is 0.456. The average molecular weight is 424 g/mol. The first-order valence-corrected chi connectivity index (χ1v) is 11.5. The molecular weight excluding hydrogens is 394 g/mol. The van der Waals surface area contributed by atoms with E-state index in [0.29, 0.717) is 5.56 Å². The number of benzene rings is 2. The predicted octanol–water partition coefficient (Wildman–Crippen LogP) is 4.94. The van der Waals surface area contributed by atoms with Crippen molar-refractivity contribution in [2.24, 2.45) is 0 Å². The van der Waals surface area contributed by atoms with Gasteiger partial charge in [0.1, 0.15) is 11.9 Å². The maximum Gasteiger partial charge on any atom is 0.157 e. The molecule has 1 aliphatic rings. The zero-order valence-corrected chi connectivity index (χ0v) is 18.9. The molecule has 1 fully saturated rings. The SMILES string of the molecule is CCCc1cc(N2CCN(Cc3ccccc3C)CC2)n2c(nc3ccccc32)c1C#N. The monoisotopic (exact) mass is 423 g/mol. The minimum atomic E-state index is 0.713. The van der Waals surface area contributed by atoms with Gasteiger partial charge >= 0.3 is 0 Å². The van der Waals surface area contributed by atoms with Crippen LogP contribution in [0.1, 0.15) is 35.6 Å². The van der Waals surface area contributed by atoms with Crippen LogP contribution in [-0.4, -0.2) is 40.5 Å². The lowest BCUT2D eigenvalue weighted by Gasteiger charge is -2.36. The minimum Gasteiger partial charge on any atom is -0.355 e. The highest BCUT2D eigenvalue weighted by Gasteiger charge is 2.23. The van der Waals surface area contributed by atoms with Gasteiger partial charge in [-0.3, -0.25) is 9.30 Å². The van der Waals surface area contributed by atoms with Crippen molar-refractivity contribution in [1.29, 1.82) is 5.26 Å². The smallest absolute Gasteiger partial charge is 0.157 e. The summed E-state index contributed by atoms with van der Waals surface area (Å²) >= 11 is 0. The van der Waals surface area contributed by atoms with Crippen molar-refractivity contribution in [3.8, 4) is 6.07 Å². The van der Waals surface area contributed by atoms with E-state index in [1.54, 1.807) is 0 Å². The van der Waals surface area contributed by atoms with Crippen molar-refractivity contribution in [2.75, 3.05) is 31.1 Å². The summed E-state index contributed by atoms with van der Waals surface area (Å²) in [4.78, 5) is 9.88. The molecule has 1 saturated heterocycles. The first kappa shape index (κ1) is 20.5. The summed E-state index contributed by atoms with van der Waals surface area (Å²) < 4.78 is 2.20. The number of hydrogen-bond donors (Lipinski definition) is 0. The second-order valence-corrected chi connectivity index (χ2v) is 8.71. The molecule has 0 N–H and O–H groups in total. The van der Waals surface area contributed by atoms with E-state index < -0.39 is 0 Å². The van der Waals surface area contributed by atoms with Crippen LogP contribution in [0.25, 0.3) is 16.7 Å². The van der Waals surface area contributed by atoms with Crippen LogP contribution >= 0.6 is 0 Å². The molecule has 1 aliphatic heterocycles. The Morgan fingerprint density at radius 3 is 2.47 bits per heavy atom. The lowest BCUT2D eigenvalue weighted by Crippen LogP contribution is -2.46. The molecule has 2 aromatic carbocycles. The number of aryl methyl sites for hydroxylation is 2. The van der Waals surface area contributed by atoms with Crippen molar-refractivity contribution in [3.63, 3.8) is 0 Å². The summed E-state index contributed by atoms with van der Waals surface area (Å²) in [6.45, 7) is 9.32. The third-order valence-electron chi connectivity index (χ3n) is 6.62. The number of piperazine rings is 1. The van der Waals surface area contributed by atoms with E-state index >= 15 is 0 Å². The van der Waals surface area contributed by atoms with Gasteiger partial charge < -0.3 is 4.90 Å². The van der Waals surface area contributed by atoms with E-state index in [9.17, 15) is 5.26 Å². The van der Waals surface area contributed by atoms with Gasteiger partial charge in [0.15, 0.2) is 5.65 Å². The van der Waals surface area contributed by atoms with Crippen molar-refractivity contribution in [1.82, 2.24) is 14.3 Å². The van der Waals surface area contributed by atoms with E-state index in [0.717, 1.165) is 73.6 Å². The largest absolute Gasteiger partial charge is 0.355 e. The molecule has 0 saturated carbocycles. The third-order valence-corrected chi connectivity index (χ3v) is 6.62. The van der Waals surface area contributed by atoms with Gasteiger partial charge in [0.25, 0.3) is 0 Å². The van der Waals surface area contributed by atoms with E-state index in [-0.39, 0.29) is 0 Å². The van der Waals surface area contributed by atoms with Crippen LogP contribution < -0.4 is 4.90 Å². The van der Waals surface area contributed by atoms with E-state index in [1.807, 2.05) is 18.2 Å². The van der Waals surface area contributed by atoms with Gasteiger partial charge in [-0.2, -0.15) is 5.26 Å². The Morgan fingerprint density at radius 2 is 1.72 bits per heavy atom. The lowest BCUT2D eigenvalue weighted by atomic mass is 10.0. The highest BCUT2D eigenvalue weighted by atomic mass is 15.3. The molecule has 0 unspecified atom stereocenters. The van der Waals surface area contributed by atoms with Crippen molar-refractivity contribution in [2.45, 2.75) is 33.2 Å². The van der Waals surface area contributed by atoms with Crippen molar-refractivity contribution in [3.05, 3.63) is 76.9 Å². The number of nitrogens with zero attached hydrogens (tertiary/aromatic N) is 5. The maximum absolute atomic E-state index is 9.94. The Labute approximate surface area is 189 Å². The van der Waals surface area contributed by atoms with Gasteiger partial charge in [-0.25, -0.2) is 4.98 Å². The molecule has 32 heavy (non-hydrogen) atoms. The number of fused-ring (bicyclic) bond motifs is 3. The van der Waals surface area contributed by atoms with E-state index in [2.05, 4.69) is 70.5 Å². The zero-order valence-electron chi connectivity index (χ0n) is 18.9. The van der Waals surface area contributed by atoms with Crippen LogP contribution in [0.2, 0.25) is 0 Å². The van der Waals surface area contributed by atoms with Gasteiger partial charge in [-0.05, 0) is 48.2 Å². The van der Waals surface area contributed by atoms with Crippen LogP contribution in [0.4, 0.5) is 5.82 Å². The molecule has 0 aliphatic carbocycles. The molecule has 0 spiro atoms. The molecule has 5 nitrogen and oxygen atoms in total. The predicted molar refractivity (Wildman–Crippen MR) is 130 cm³/mol. The highest BCUT2D eigenvalue weighted by Crippen LogP contribution is 2.30. The van der Waals surface area contributed by atoms with Gasteiger partial charge in [-0.1, -0.05) is 49.7 Å². The summed E-state index contributed by atoms with van der Waals surface area (Å²) in [7, 11) is 0. The number of imidazole rings is 1. The Morgan fingerprint density at radius 1 is 0.969 bits per heavy atom. The van der Waals surface area contributed by atoms with Crippen LogP contribution in [0, 0.1) is 18.3 Å². The molecule has 2 aromatic heterocycles. The fourth-order valence-electron chi connectivity index (χ4n) is 4.85. The van der Waals surface area contributed by atoms with Crippen molar-refractivity contribution >= 4 is 22.5 Å². The van der Waals surface area contributed by atoms with Gasteiger partial charge in [0.05, 0.1) is 16.6 Å². The van der Waals surface area contributed by atoms with Crippen LogP contribution in [0.5, 0.6) is 0 Å². The number of anilines is 1. The standard InChI is InChI=1S/C27H29N5/c1-3-8-21-17-26(32-25-12-7-6-11-24(25)29-27(32)23(21)18-28)31-15-13-30(14-16-31)19-22-10-5-4-9-20(22)2/h4-7,9-12,17H,3,8,13-16,19H2,1-2H3. The first-order chi connectivity index (χ1) is 15.7. The molecule has 4 aromatic rings. The number of pyridine rings is 1. The van der Waals surface area contributed by atoms with Crippen LogP contribution in [0.15, 0.2) is 54.6 Å². The molecule has 0 radical (unpaired) electrons. The van der Waals surface area contributed by atoms with Gasteiger partial charge in [0.2, 0.25) is 0 Å². The number of nitriles is 1. The minimum absolute atomic E-state index is 0.713. The number of rotatable bonds is 5. The molecule has 0 atom stereocenters. The fraction of sp³-hybridized carbons (Fsp3) is 0.333. The lowest BCUT2D eigenvalue weighted by molar-refractivity contribution is 0.249. The van der Waals surface area contributed by atoms with E-state index in [1.165, 1.54) is 11.1 Å². The Kier molecular flexibility index (Phi) is 5.55. The molecule has 0 bridgehead atoms. The van der Waals surface area contributed by atoms with Crippen LogP contribution in [-0.2, 0) is 13.0 Å². The zero-order chi connectivity index (χ0) is 22.1. The van der Waals surface area contributed by atoms with Crippen molar-refractivity contribution < 1.29 is 0 Å². The Hall–Kier alpha value is -3.36. The molecule has 3 heterocycles. The fourth-order valence-corrected chi connectivity index (χ4v) is 4.85. The van der Waals surface area contributed by atoms with Gasteiger partial charge in [-0.15, -0.1) is 0 Å². The summed E-state index contributed by atoms with van der Waals surface area (Å²) in [5, 5.41) is 9.94. The maximum atomic E-state index is 9.94. The summed E-state index contributed by atoms with van der Waals surface area (Å²) in [5.74, 6) is 1.16. The molecule has 162 valence electrons. The first-order valence-electron chi connectivity index (χ1n) is 11.5. The van der Waals surface area contributed by atoms with Gasteiger partial charge in [0, 0.05) is 32.7 Å². The topological polar surface area (TPSA) is 47.6 Å². The Bertz CT molecular complexity index is 1310. The number of aromatic nitrogens is 2. The molecule has 5 rings (SSSR count). The number of hydrogen-bond acceptors (Lipinski definition) is 4. The Balaban J connectivity index is 1.50. The molecule has 0 amide bonds. The third kappa shape index (κ3) is 3.61. The second kappa shape index (κ2) is 8.64. The summed E-state index contributed by atoms with van der Waals surface area (Å²) in [5.41, 5.74) is 7.39. The molecular formula is C27H29N5. The highest BCUT2D eigenvalue weighted by molar-refractivity contribution is 5.85. The summed E-state index contributed by atoms with van der Waals surface area (Å²) in [6, 6.07) is 21.5.